The number of aromatic amines is 1. The summed E-state index contributed by atoms with van der Waals surface area (Å²) in [4.78, 5) is 2.28. The normalized spacial score (nSPS) is 14.3. The lowest BCUT2D eigenvalue weighted by Crippen LogP contribution is -2.52. The second-order valence-corrected chi connectivity index (χ2v) is 9.43. The number of aromatic nitrogens is 4. The Labute approximate surface area is 217 Å². The number of nitrogens with one attached hydrogen (secondary N) is 2. The number of hydrogen-bond acceptors (Lipinski definition) is 7. The van der Waals surface area contributed by atoms with Crippen molar-refractivity contribution in [2.24, 2.45) is 0 Å². The van der Waals surface area contributed by atoms with E-state index in [2.05, 4.69) is 42.7 Å². The van der Waals surface area contributed by atoms with Crippen LogP contribution in [-0.4, -0.2) is 57.8 Å². The molecule has 1 fully saturated rings. The molecule has 1 saturated heterocycles. The molecule has 0 spiro atoms. The molecule has 0 saturated carbocycles. The predicted octanol–water partition coefficient (Wildman–Crippen LogP) is 4.31. The van der Waals surface area contributed by atoms with Crippen LogP contribution < -0.4 is 10.2 Å². The number of hydrogen-bond donors (Lipinski definition) is 3. The molecule has 11 heteroatoms. The highest BCUT2D eigenvalue weighted by molar-refractivity contribution is 5.96. The monoisotopic (exact) mass is 526 g/mol. The Balaban J connectivity index is 1.04. The van der Waals surface area contributed by atoms with Gasteiger partial charge in [-0.15, -0.1) is 0 Å². The van der Waals surface area contributed by atoms with Gasteiger partial charge >= 0.3 is 6.18 Å². The summed E-state index contributed by atoms with van der Waals surface area (Å²) in [6.07, 6.45) is 2.67. The Kier molecular flexibility index (Phi) is 7.87. The topological polar surface area (TPSA) is 99.2 Å². The van der Waals surface area contributed by atoms with Crippen LogP contribution in [0.4, 0.5) is 18.9 Å². The number of ether oxygens (including phenoxy) is 1. The van der Waals surface area contributed by atoms with Crippen molar-refractivity contribution in [3.8, 4) is 11.1 Å². The van der Waals surface area contributed by atoms with E-state index in [-0.39, 0.29) is 11.7 Å². The standard InChI is InChI=1S/C27H29F3N6O2/c28-27(29,30)22-8-18(7-19(9-22)17-37)12-31-4-1-2-6-38-23-15-36(16-23)26-11-21(20-3-5-32-33-13-20)10-25-24(26)14-34-35-25/h3,5,7-11,13-14,23,31,37H,1-2,4,6,12,15-17H2,(H,34,35). The minimum Gasteiger partial charge on any atom is -0.392 e. The first-order valence-electron chi connectivity index (χ1n) is 12.5. The highest BCUT2D eigenvalue weighted by atomic mass is 19.4. The largest absolute Gasteiger partial charge is 0.416 e. The zero-order valence-corrected chi connectivity index (χ0v) is 20.7. The highest BCUT2D eigenvalue weighted by Gasteiger charge is 2.31. The third kappa shape index (κ3) is 6.12. The van der Waals surface area contributed by atoms with Gasteiger partial charge in [-0.25, -0.2) is 0 Å². The second-order valence-electron chi connectivity index (χ2n) is 9.43. The molecule has 8 nitrogen and oxygen atoms in total. The van der Waals surface area contributed by atoms with E-state index < -0.39 is 18.3 Å². The summed E-state index contributed by atoms with van der Waals surface area (Å²) < 4.78 is 45.2. The maximum absolute atomic E-state index is 13.0. The molecule has 2 aromatic heterocycles. The smallest absolute Gasteiger partial charge is 0.392 e. The first-order valence-corrected chi connectivity index (χ1v) is 12.5. The number of anilines is 1. The lowest BCUT2D eigenvalue weighted by Gasteiger charge is -2.41. The maximum Gasteiger partial charge on any atom is 0.416 e. The number of H-pyrrole nitrogens is 1. The van der Waals surface area contributed by atoms with Crippen LogP contribution >= 0.6 is 0 Å². The summed E-state index contributed by atoms with van der Waals surface area (Å²) in [5.74, 6) is 0. The fourth-order valence-electron chi connectivity index (χ4n) is 4.62. The van der Waals surface area contributed by atoms with Gasteiger partial charge in [0.15, 0.2) is 0 Å². The number of unbranched alkanes of at least 4 members (excludes halogenated alkanes) is 1. The SMILES string of the molecule is OCc1cc(CNCCCCOC2CN(c3cc(-c4ccnnc4)cc4[nH]ncc34)C2)cc(C(F)(F)F)c1. The van der Waals surface area contributed by atoms with Crippen molar-refractivity contribution in [2.45, 2.75) is 38.3 Å². The molecule has 0 unspecified atom stereocenters. The number of fused-ring (bicyclic) bond motifs is 1. The summed E-state index contributed by atoms with van der Waals surface area (Å²) in [7, 11) is 0. The summed E-state index contributed by atoms with van der Waals surface area (Å²) in [6, 6.07) is 9.83. The van der Waals surface area contributed by atoms with E-state index in [1.165, 1.54) is 0 Å². The fourth-order valence-corrected chi connectivity index (χ4v) is 4.62. The molecule has 0 amide bonds. The molecule has 3 heterocycles. The first-order chi connectivity index (χ1) is 18.4. The Hall–Kier alpha value is -3.54. The third-order valence-electron chi connectivity index (χ3n) is 6.64. The maximum atomic E-state index is 13.0. The number of aliphatic hydroxyl groups is 1. The molecule has 2 aromatic carbocycles. The van der Waals surface area contributed by atoms with E-state index in [0.717, 1.165) is 65.8 Å². The molecule has 4 aromatic rings. The van der Waals surface area contributed by atoms with Crippen molar-refractivity contribution < 1.29 is 23.0 Å². The van der Waals surface area contributed by atoms with Gasteiger partial charge in [0, 0.05) is 42.9 Å². The van der Waals surface area contributed by atoms with Gasteiger partial charge in [-0.2, -0.15) is 28.5 Å². The van der Waals surface area contributed by atoms with Gasteiger partial charge in [-0.05, 0) is 66.4 Å². The fraction of sp³-hybridized carbons (Fsp3) is 0.370. The average molecular weight is 527 g/mol. The van der Waals surface area contributed by atoms with Crippen molar-refractivity contribution in [1.82, 2.24) is 25.7 Å². The number of nitrogens with zero attached hydrogens (tertiary/aromatic N) is 4. The summed E-state index contributed by atoms with van der Waals surface area (Å²) in [5, 5.41) is 28.6. The lowest BCUT2D eigenvalue weighted by molar-refractivity contribution is -0.137. The second kappa shape index (κ2) is 11.5. The minimum absolute atomic E-state index is 0.151. The van der Waals surface area contributed by atoms with E-state index in [1.807, 2.05) is 12.3 Å². The Morgan fingerprint density at radius 2 is 1.87 bits per heavy atom. The van der Waals surface area contributed by atoms with Crippen LogP contribution in [-0.2, 0) is 24.1 Å². The quantitative estimate of drug-likeness (QED) is 0.251. The van der Waals surface area contributed by atoms with Crippen LogP contribution in [0.1, 0.15) is 29.5 Å². The van der Waals surface area contributed by atoms with E-state index in [0.29, 0.717) is 25.3 Å². The Morgan fingerprint density at radius 3 is 2.63 bits per heavy atom. The number of benzene rings is 2. The van der Waals surface area contributed by atoms with Gasteiger partial charge < -0.3 is 20.1 Å². The zero-order valence-electron chi connectivity index (χ0n) is 20.7. The molecule has 0 atom stereocenters. The molecule has 0 radical (unpaired) electrons. The van der Waals surface area contributed by atoms with Gasteiger partial charge in [0.05, 0.1) is 42.4 Å². The van der Waals surface area contributed by atoms with Gasteiger partial charge in [0.1, 0.15) is 0 Å². The average Bonchev–Trinajstić information content (AvgIpc) is 3.37. The summed E-state index contributed by atoms with van der Waals surface area (Å²) >= 11 is 0. The molecule has 200 valence electrons. The Bertz CT molecular complexity index is 1360. The molecule has 0 aliphatic carbocycles. The highest BCUT2D eigenvalue weighted by Crippen LogP contribution is 2.35. The van der Waals surface area contributed by atoms with Crippen LogP contribution in [0.5, 0.6) is 0 Å². The van der Waals surface area contributed by atoms with Crippen molar-refractivity contribution in [1.29, 1.82) is 0 Å². The van der Waals surface area contributed by atoms with Crippen LogP contribution in [0.2, 0.25) is 0 Å². The summed E-state index contributed by atoms with van der Waals surface area (Å²) in [6.45, 7) is 2.76. The first kappa shape index (κ1) is 26.1. The van der Waals surface area contributed by atoms with E-state index in [1.54, 1.807) is 18.5 Å². The van der Waals surface area contributed by atoms with E-state index in [9.17, 15) is 18.3 Å². The van der Waals surface area contributed by atoms with E-state index in [4.69, 9.17) is 4.74 Å². The number of rotatable bonds is 11. The zero-order chi connectivity index (χ0) is 26.5. The van der Waals surface area contributed by atoms with Crippen LogP contribution in [0, 0.1) is 0 Å². The van der Waals surface area contributed by atoms with Crippen molar-refractivity contribution in [3.05, 3.63) is 71.7 Å². The predicted molar refractivity (Wildman–Crippen MR) is 137 cm³/mol. The number of halogens is 3. The summed E-state index contributed by atoms with van der Waals surface area (Å²) in [5.41, 5.74) is 4.12. The van der Waals surface area contributed by atoms with E-state index >= 15 is 0 Å². The molecule has 1 aliphatic heterocycles. The molecule has 38 heavy (non-hydrogen) atoms. The van der Waals surface area contributed by atoms with Gasteiger partial charge in [-0.3, -0.25) is 5.10 Å². The van der Waals surface area contributed by atoms with Gasteiger partial charge in [-0.1, -0.05) is 6.07 Å². The van der Waals surface area contributed by atoms with Gasteiger partial charge in [0.25, 0.3) is 0 Å². The van der Waals surface area contributed by atoms with Gasteiger partial charge in [0.2, 0.25) is 0 Å². The van der Waals surface area contributed by atoms with Crippen molar-refractivity contribution in [3.63, 3.8) is 0 Å². The van der Waals surface area contributed by atoms with Crippen LogP contribution in [0.3, 0.4) is 0 Å². The molecule has 1 aliphatic rings. The third-order valence-corrected chi connectivity index (χ3v) is 6.64. The lowest BCUT2D eigenvalue weighted by atomic mass is 10.0. The molecular formula is C27H29F3N6O2. The van der Waals surface area contributed by atoms with Crippen molar-refractivity contribution in [2.75, 3.05) is 31.1 Å². The molecule has 0 bridgehead atoms. The Morgan fingerprint density at radius 1 is 1.03 bits per heavy atom. The minimum atomic E-state index is -4.43. The molecule has 3 N–H and O–H groups in total. The molecule has 5 rings (SSSR count). The van der Waals surface area contributed by atoms with Crippen molar-refractivity contribution >= 4 is 16.6 Å². The number of alkyl halides is 3. The van der Waals surface area contributed by atoms with Crippen LogP contribution in [0.25, 0.3) is 22.0 Å². The number of aliphatic hydroxyl groups excluding tert-OH is 1. The van der Waals surface area contributed by atoms with Crippen LogP contribution in [0.15, 0.2) is 55.0 Å². The molecular weight excluding hydrogens is 497 g/mol.